The van der Waals surface area contributed by atoms with Crippen molar-refractivity contribution < 1.29 is 30.6 Å². The second-order valence-electron chi connectivity index (χ2n) is 5.36. The highest BCUT2D eigenvalue weighted by atomic mass is 35.5. The number of phenolic OH excluding ortho intramolecular Hbond substituents is 6. The second kappa shape index (κ2) is 9.30. The van der Waals surface area contributed by atoms with Crippen LogP contribution >= 0.6 is 12.4 Å². The molecule has 0 aliphatic carbocycles. The first-order valence-electron chi connectivity index (χ1n) is 7.33. The summed E-state index contributed by atoms with van der Waals surface area (Å²) < 4.78 is 0. The Kier molecular flexibility index (Phi) is 7.43. The second-order valence-corrected chi connectivity index (χ2v) is 5.36. The van der Waals surface area contributed by atoms with Crippen molar-refractivity contribution in [3.05, 3.63) is 35.4 Å². The molecule has 0 atom stereocenters. The van der Waals surface area contributed by atoms with E-state index in [9.17, 15) is 30.6 Å². The molecule has 2 aromatic rings. The van der Waals surface area contributed by atoms with Gasteiger partial charge in [0.2, 0.25) is 0 Å². The van der Waals surface area contributed by atoms with Crippen LogP contribution in [0.25, 0.3) is 0 Å². The fraction of sp³-hybridized carbons (Fsp3) is 0.118. The molecule has 0 unspecified atom stereocenters. The van der Waals surface area contributed by atoms with Gasteiger partial charge >= 0.3 is 0 Å². The third-order valence-corrected chi connectivity index (χ3v) is 3.23. The van der Waals surface area contributed by atoms with E-state index in [1.54, 1.807) is 0 Å². The van der Waals surface area contributed by atoms with Gasteiger partial charge in [-0.2, -0.15) is 0 Å². The number of rotatable bonds is 6. The van der Waals surface area contributed by atoms with Crippen molar-refractivity contribution in [3.63, 3.8) is 0 Å². The van der Waals surface area contributed by atoms with Crippen LogP contribution in [0.2, 0.25) is 0 Å². The van der Waals surface area contributed by atoms with Crippen LogP contribution in [0.1, 0.15) is 11.1 Å². The minimum absolute atomic E-state index is 0. The van der Waals surface area contributed by atoms with Crippen LogP contribution < -0.4 is 0 Å². The average molecular weight is 396 g/mol. The van der Waals surface area contributed by atoms with Crippen LogP contribution in [0, 0.1) is 5.41 Å². The Balaban J connectivity index is 0.00000364. The zero-order chi connectivity index (χ0) is 19.3. The van der Waals surface area contributed by atoms with Gasteiger partial charge in [0.1, 0.15) is 0 Å². The maximum atomic E-state index is 9.39. The van der Waals surface area contributed by atoms with Gasteiger partial charge in [0, 0.05) is 12.4 Å². The van der Waals surface area contributed by atoms with E-state index < -0.39 is 34.5 Å². The minimum Gasteiger partial charge on any atom is -0.504 e. The number of hydrogen-bond donors (Lipinski definition) is 7. The van der Waals surface area contributed by atoms with E-state index in [1.165, 1.54) is 36.7 Å². The molecule has 0 aromatic heterocycles. The lowest BCUT2D eigenvalue weighted by Gasteiger charge is -2.02. The summed E-state index contributed by atoms with van der Waals surface area (Å²) in [5.74, 6) is -3.15. The molecule has 7 N–H and O–H groups in total. The van der Waals surface area contributed by atoms with Gasteiger partial charge in [0.15, 0.2) is 34.5 Å². The van der Waals surface area contributed by atoms with Crippen LogP contribution in [0.4, 0.5) is 0 Å². The molecule has 0 heterocycles. The highest BCUT2D eigenvalue weighted by molar-refractivity contribution is 5.91. The summed E-state index contributed by atoms with van der Waals surface area (Å²) in [6, 6.07) is 4.85. The zero-order valence-electron chi connectivity index (χ0n) is 13.9. The van der Waals surface area contributed by atoms with Gasteiger partial charge in [-0.1, -0.05) is 0 Å². The molecule has 0 bridgehead atoms. The Morgan fingerprint density at radius 1 is 0.704 bits per heavy atom. The lowest BCUT2D eigenvalue weighted by Crippen LogP contribution is -2.06. The molecular weight excluding hydrogens is 378 g/mol. The van der Waals surface area contributed by atoms with E-state index >= 15 is 0 Å². The summed E-state index contributed by atoms with van der Waals surface area (Å²) in [4.78, 5) is 7.96. The number of aromatic hydroxyl groups is 6. The Morgan fingerprint density at radius 3 is 1.30 bits per heavy atom. The first-order chi connectivity index (χ1) is 12.3. The van der Waals surface area contributed by atoms with Crippen LogP contribution in [-0.4, -0.2) is 61.9 Å². The fourth-order valence-electron chi connectivity index (χ4n) is 1.97. The molecule has 2 rings (SSSR count). The minimum atomic E-state index is -0.615. The maximum Gasteiger partial charge on any atom is 0.200 e. The third kappa shape index (κ3) is 5.79. The van der Waals surface area contributed by atoms with Crippen molar-refractivity contribution in [3.8, 4) is 34.5 Å². The summed E-state index contributed by atoms with van der Waals surface area (Å²) in [7, 11) is 0. The van der Waals surface area contributed by atoms with Crippen molar-refractivity contribution in [2.24, 2.45) is 9.98 Å². The average Bonchev–Trinajstić information content (AvgIpc) is 2.57. The standard InChI is InChI=1S/C17H17N3O6.ClH/c18-11(7-19-5-9-1-12(21)16(25)13(22)2-9)8-20-6-10-3-14(23)17(26)15(24)4-10;/h1-6,18,21-26H,7-8H2;1H. The van der Waals surface area contributed by atoms with Gasteiger partial charge in [-0.05, 0) is 35.4 Å². The molecule has 0 fully saturated rings. The molecule has 0 saturated heterocycles. The van der Waals surface area contributed by atoms with Gasteiger partial charge in [0.25, 0.3) is 0 Å². The molecule has 2 aromatic carbocycles. The Hall–Kier alpha value is -3.46. The molecule has 0 radical (unpaired) electrons. The van der Waals surface area contributed by atoms with E-state index in [0.29, 0.717) is 11.1 Å². The number of nitrogens with one attached hydrogen (secondary N) is 1. The quantitative estimate of drug-likeness (QED) is 0.291. The maximum absolute atomic E-state index is 9.39. The molecule has 0 saturated carbocycles. The van der Waals surface area contributed by atoms with Crippen molar-refractivity contribution in [1.29, 1.82) is 5.41 Å². The number of halogens is 1. The molecule has 0 spiro atoms. The Bertz CT molecular complexity index is 781. The molecule has 0 amide bonds. The summed E-state index contributed by atoms with van der Waals surface area (Å²) in [5, 5.41) is 63.8. The predicted molar refractivity (Wildman–Crippen MR) is 103 cm³/mol. The number of phenols is 6. The fourth-order valence-corrected chi connectivity index (χ4v) is 1.97. The molecule has 10 heteroatoms. The van der Waals surface area contributed by atoms with Gasteiger partial charge in [0.05, 0.1) is 18.8 Å². The first kappa shape index (κ1) is 21.6. The Morgan fingerprint density at radius 2 is 1.00 bits per heavy atom. The number of hydrogen-bond acceptors (Lipinski definition) is 9. The van der Waals surface area contributed by atoms with Crippen LogP contribution in [0.15, 0.2) is 34.3 Å². The van der Waals surface area contributed by atoms with E-state index in [4.69, 9.17) is 5.41 Å². The number of benzene rings is 2. The summed E-state index contributed by atoms with van der Waals surface area (Å²) in [6.07, 6.45) is 2.65. The number of nitrogens with zero attached hydrogens (tertiary/aromatic N) is 2. The van der Waals surface area contributed by atoms with Crippen LogP contribution in [-0.2, 0) is 0 Å². The highest BCUT2D eigenvalue weighted by Crippen LogP contribution is 2.35. The first-order valence-corrected chi connectivity index (χ1v) is 7.33. The van der Waals surface area contributed by atoms with Crippen LogP contribution in [0.3, 0.4) is 0 Å². The van der Waals surface area contributed by atoms with Gasteiger partial charge in [-0.15, -0.1) is 12.4 Å². The lowest BCUT2D eigenvalue weighted by atomic mass is 10.2. The van der Waals surface area contributed by atoms with Crippen molar-refractivity contribution in [2.75, 3.05) is 13.1 Å². The molecule has 0 aliphatic rings. The smallest absolute Gasteiger partial charge is 0.200 e. The molecule has 0 aliphatic heterocycles. The van der Waals surface area contributed by atoms with E-state index in [0.717, 1.165) is 0 Å². The van der Waals surface area contributed by atoms with E-state index in [-0.39, 0.29) is 31.2 Å². The lowest BCUT2D eigenvalue weighted by molar-refractivity contribution is 0.368. The third-order valence-electron chi connectivity index (χ3n) is 3.23. The largest absolute Gasteiger partial charge is 0.504 e. The topological polar surface area (TPSA) is 170 Å². The van der Waals surface area contributed by atoms with Crippen molar-refractivity contribution in [1.82, 2.24) is 0 Å². The Labute approximate surface area is 160 Å². The SMILES string of the molecule is Cl.N=C(CN=Cc1cc(O)c(O)c(O)c1)CN=Cc1cc(O)c(O)c(O)c1. The van der Waals surface area contributed by atoms with Gasteiger partial charge in [-0.3, -0.25) is 9.98 Å². The van der Waals surface area contributed by atoms with Crippen molar-refractivity contribution in [2.45, 2.75) is 0 Å². The number of aliphatic imine (C=N–C) groups is 2. The van der Waals surface area contributed by atoms with Gasteiger partial charge < -0.3 is 36.0 Å². The van der Waals surface area contributed by atoms with Crippen LogP contribution in [0.5, 0.6) is 34.5 Å². The highest BCUT2D eigenvalue weighted by Gasteiger charge is 2.07. The molecule has 27 heavy (non-hydrogen) atoms. The summed E-state index contributed by atoms with van der Waals surface area (Å²) in [6.45, 7) is 0.0393. The predicted octanol–water partition coefficient (Wildman–Crippen LogP) is 1.90. The van der Waals surface area contributed by atoms with E-state index in [1.807, 2.05) is 0 Å². The normalized spacial score (nSPS) is 11.0. The molecule has 144 valence electrons. The molecular formula is C17H18ClN3O6. The summed E-state index contributed by atoms with van der Waals surface area (Å²) in [5.41, 5.74) is 0.866. The zero-order valence-corrected chi connectivity index (χ0v) is 14.7. The monoisotopic (exact) mass is 395 g/mol. The molecule has 9 nitrogen and oxygen atoms in total. The summed E-state index contributed by atoms with van der Waals surface area (Å²) >= 11 is 0. The van der Waals surface area contributed by atoms with E-state index in [2.05, 4.69) is 9.98 Å². The van der Waals surface area contributed by atoms with Crippen molar-refractivity contribution >= 4 is 30.5 Å². The van der Waals surface area contributed by atoms with Gasteiger partial charge in [-0.25, -0.2) is 0 Å².